The normalized spacial score (nSPS) is 23.4. The fraction of sp³-hybridized carbons (Fsp3) is 0.423. The number of hydrogen-bond donors (Lipinski definition) is 2. The van der Waals surface area contributed by atoms with Gasteiger partial charge >= 0.3 is 12.1 Å². The molecule has 8 heteroatoms. The van der Waals surface area contributed by atoms with Gasteiger partial charge in [-0.3, -0.25) is 9.59 Å². The third-order valence-electron chi connectivity index (χ3n) is 7.05. The van der Waals surface area contributed by atoms with Gasteiger partial charge in [-0.25, -0.2) is 4.79 Å². The van der Waals surface area contributed by atoms with E-state index in [0.717, 1.165) is 28.7 Å². The Balaban J connectivity index is 1.21. The van der Waals surface area contributed by atoms with Gasteiger partial charge in [-0.05, 0) is 41.5 Å². The number of carboxylic acids is 1. The standard InChI is InChI=1S/C26H28N2O6/c29-23(30)14-16-6-5-12-28(16)25(31)24-22(11-13-33-24)27-26(32)34-15-21-19-9-3-1-7-17(19)18-8-2-4-10-20(18)21/h1-4,7-10,16,21-22,24H,5-6,11-15H2,(H,27,32)(H,29,30)/t16?,22-,24+/m0/s1. The molecule has 0 spiro atoms. The van der Waals surface area contributed by atoms with Crippen molar-refractivity contribution in [3.63, 3.8) is 0 Å². The van der Waals surface area contributed by atoms with Gasteiger partial charge in [0, 0.05) is 25.1 Å². The summed E-state index contributed by atoms with van der Waals surface area (Å²) in [5, 5.41) is 11.9. The Hall–Kier alpha value is -3.39. The van der Waals surface area contributed by atoms with Crippen molar-refractivity contribution < 1.29 is 29.0 Å². The second-order valence-corrected chi connectivity index (χ2v) is 9.08. The van der Waals surface area contributed by atoms with Gasteiger partial charge in [-0.15, -0.1) is 0 Å². The highest BCUT2D eigenvalue weighted by Crippen LogP contribution is 2.44. The Morgan fingerprint density at radius 1 is 1.03 bits per heavy atom. The molecular weight excluding hydrogens is 436 g/mol. The molecule has 8 nitrogen and oxygen atoms in total. The third-order valence-corrected chi connectivity index (χ3v) is 7.05. The smallest absolute Gasteiger partial charge is 0.407 e. The maximum absolute atomic E-state index is 13.1. The Morgan fingerprint density at radius 2 is 1.71 bits per heavy atom. The molecule has 0 bridgehead atoms. The van der Waals surface area contributed by atoms with E-state index < -0.39 is 24.2 Å². The Kier molecular flexibility index (Phi) is 6.24. The van der Waals surface area contributed by atoms with Crippen molar-refractivity contribution in [2.24, 2.45) is 0 Å². The van der Waals surface area contributed by atoms with Crippen LogP contribution in [0, 0.1) is 0 Å². The van der Waals surface area contributed by atoms with E-state index in [1.165, 1.54) is 0 Å². The van der Waals surface area contributed by atoms with Gasteiger partial charge in [0.25, 0.3) is 5.91 Å². The SMILES string of the molecule is O=C(O)CC1CCCN1C(=O)[C@@H]1OCC[C@@H]1NC(=O)OCC1c2ccccc2-c2ccccc21. The van der Waals surface area contributed by atoms with Crippen LogP contribution in [0.15, 0.2) is 48.5 Å². The van der Waals surface area contributed by atoms with Crippen molar-refractivity contribution in [1.29, 1.82) is 0 Å². The zero-order valence-electron chi connectivity index (χ0n) is 18.8. The molecule has 3 atom stereocenters. The van der Waals surface area contributed by atoms with Crippen LogP contribution < -0.4 is 5.32 Å². The second kappa shape index (κ2) is 9.46. The zero-order valence-corrected chi connectivity index (χ0v) is 18.8. The molecule has 2 aliphatic heterocycles. The molecule has 2 amide bonds. The number of benzene rings is 2. The average Bonchev–Trinajstić information content (AvgIpc) is 3.55. The third kappa shape index (κ3) is 4.25. The number of amides is 2. The number of aliphatic carboxylic acids is 1. The molecule has 178 valence electrons. The highest BCUT2D eigenvalue weighted by Gasteiger charge is 2.42. The number of carbonyl (C=O) groups is 3. The molecule has 3 aliphatic rings. The first kappa shape index (κ1) is 22.4. The topological polar surface area (TPSA) is 105 Å². The molecule has 2 fully saturated rings. The summed E-state index contributed by atoms with van der Waals surface area (Å²) in [7, 11) is 0. The minimum atomic E-state index is -0.926. The molecule has 2 N–H and O–H groups in total. The van der Waals surface area contributed by atoms with Crippen molar-refractivity contribution in [2.75, 3.05) is 19.8 Å². The van der Waals surface area contributed by atoms with Crippen molar-refractivity contribution >= 4 is 18.0 Å². The van der Waals surface area contributed by atoms with Crippen LogP contribution >= 0.6 is 0 Å². The van der Waals surface area contributed by atoms with E-state index in [-0.39, 0.29) is 30.9 Å². The number of carbonyl (C=O) groups excluding carboxylic acids is 2. The Morgan fingerprint density at radius 3 is 2.38 bits per heavy atom. The molecule has 2 heterocycles. The molecule has 34 heavy (non-hydrogen) atoms. The summed E-state index contributed by atoms with van der Waals surface area (Å²) < 4.78 is 11.3. The monoisotopic (exact) mass is 464 g/mol. The number of likely N-dealkylation sites (tertiary alicyclic amines) is 1. The lowest BCUT2D eigenvalue weighted by Crippen LogP contribution is -2.51. The van der Waals surface area contributed by atoms with Crippen molar-refractivity contribution in [1.82, 2.24) is 10.2 Å². The van der Waals surface area contributed by atoms with Crippen LogP contribution in [0.25, 0.3) is 11.1 Å². The lowest BCUT2D eigenvalue weighted by molar-refractivity contribution is -0.145. The van der Waals surface area contributed by atoms with Gasteiger partial charge in [0.1, 0.15) is 6.61 Å². The van der Waals surface area contributed by atoms with Crippen LogP contribution in [0.1, 0.15) is 42.7 Å². The van der Waals surface area contributed by atoms with Crippen LogP contribution in [-0.4, -0.2) is 65.9 Å². The maximum Gasteiger partial charge on any atom is 0.407 e. The van der Waals surface area contributed by atoms with E-state index in [1.54, 1.807) is 4.90 Å². The molecule has 2 aromatic carbocycles. The number of nitrogens with zero attached hydrogens (tertiary/aromatic N) is 1. The minimum absolute atomic E-state index is 0.0446. The van der Waals surface area contributed by atoms with Crippen LogP contribution in [0.5, 0.6) is 0 Å². The molecule has 0 aromatic heterocycles. The second-order valence-electron chi connectivity index (χ2n) is 9.08. The lowest BCUT2D eigenvalue weighted by Gasteiger charge is -2.28. The summed E-state index contributed by atoms with van der Waals surface area (Å²) in [5.41, 5.74) is 4.58. The van der Waals surface area contributed by atoms with E-state index in [0.29, 0.717) is 26.0 Å². The van der Waals surface area contributed by atoms with Crippen molar-refractivity contribution in [2.45, 2.75) is 49.8 Å². The Labute approximate surface area is 197 Å². The number of alkyl carbamates (subject to hydrolysis) is 1. The van der Waals surface area contributed by atoms with Gasteiger partial charge in [-0.1, -0.05) is 48.5 Å². The molecule has 2 saturated heterocycles. The van der Waals surface area contributed by atoms with Gasteiger partial charge in [0.05, 0.1) is 12.5 Å². The lowest BCUT2D eigenvalue weighted by atomic mass is 9.98. The van der Waals surface area contributed by atoms with E-state index in [4.69, 9.17) is 14.6 Å². The molecule has 0 radical (unpaired) electrons. The fourth-order valence-corrected chi connectivity index (χ4v) is 5.48. The molecule has 2 aromatic rings. The zero-order chi connectivity index (χ0) is 23.7. The van der Waals surface area contributed by atoms with Crippen LogP contribution in [0.3, 0.4) is 0 Å². The predicted octanol–water partition coefficient (Wildman–Crippen LogP) is 3.15. The highest BCUT2D eigenvalue weighted by molar-refractivity contribution is 5.84. The molecule has 0 saturated carbocycles. The largest absolute Gasteiger partial charge is 0.481 e. The van der Waals surface area contributed by atoms with Crippen molar-refractivity contribution in [3.8, 4) is 11.1 Å². The molecular formula is C26H28N2O6. The number of carboxylic acid groups (broad SMARTS) is 1. The predicted molar refractivity (Wildman–Crippen MR) is 123 cm³/mol. The average molecular weight is 465 g/mol. The number of rotatable bonds is 6. The minimum Gasteiger partial charge on any atom is -0.481 e. The quantitative estimate of drug-likeness (QED) is 0.681. The van der Waals surface area contributed by atoms with Crippen molar-refractivity contribution in [3.05, 3.63) is 59.7 Å². The maximum atomic E-state index is 13.1. The van der Waals surface area contributed by atoms with Crippen LogP contribution in [-0.2, 0) is 19.1 Å². The van der Waals surface area contributed by atoms with Gasteiger partial charge in [0.15, 0.2) is 6.10 Å². The first-order valence-corrected chi connectivity index (χ1v) is 11.8. The summed E-state index contributed by atoms with van der Waals surface area (Å²) in [6.07, 6.45) is 0.436. The summed E-state index contributed by atoms with van der Waals surface area (Å²) in [6, 6.07) is 15.4. The van der Waals surface area contributed by atoms with Crippen LogP contribution in [0.4, 0.5) is 4.79 Å². The van der Waals surface area contributed by atoms with Gasteiger partial charge < -0.3 is 24.8 Å². The van der Waals surface area contributed by atoms with E-state index in [1.807, 2.05) is 24.3 Å². The number of nitrogens with one attached hydrogen (secondary N) is 1. The fourth-order valence-electron chi connectivity index (χ4n) is 5.48. The highest BCUT2D eigenvalue weighted by atomic mass is 16.6. The Bertz CT molecular complexity index is 1060. The summed E-state index contributed by atoms with van der Waals surface area (Å²) in [5.74, 6) is -1.23. The number of ether oxygens (including phenoxy) is 2. The van der Waals surface area contributed by atoms with E-state index in [2.05, 4.69) is 29.6 Å². The number of hydrogen-bond acceptors (Lipinski definition) is 5. The summed E-state index contributed by atoms with van der Waals surface area (Å²) in [6.45, 7) is 1.05. The first-order valence-electron chi connectivity index (χ1n) is 11.8. The first-order chi connectivity index (χ1) is 16.5. The molecule has 1 aliphatic carbocycles. The van der Waals surface area contributed by atoms with E-state index in [9.17, 15) is 14.4 Å². The van der Waals surface area contributed by atoms with Gasteiger partial charge in [-0.2, -0.15) is 0 Å². The van der Waals surface area contributed by atoms with Gasteiger partial charge in [0.2, 0.25) is 0 Å². The molecule has 1 unspecified atom stereocenters. The van der Waals surface area contributed by atoms with E-state index >= 15 is 0 Å². The van der Waals surface area contributed by atoms with Crippen LogP contribution in [0.2, 0.25) is 0 Å². The number of fused-ring (bicyclic) bond motifs is 3. The summed E-state index contributed by atoms with van der Waals surface area (Å²) >= 11 is 0. The summed E-state index contributed by atoms with van der Waals surface area (Å²) in [4.78, 5) is 38.5. The molecule has 5 rings (SSSR count).